The SMILES string of the molecule is CCCCC(CC)CC(NN)C1CSc2ccccc2O1. The smallest absolute Gasteiger partial charge is 0.133 e. The van der Waals surface area contributed by atoms with Gasteiger partial charge < -0.3 is 4.74 Å². The number of rotatable bonds is 8. The molecule has 1 aromatic carbocycles. The van der Waals surface area contributed by atoms with Gasteiger partial charge in [-0.1, -0.05) is 51.7 Å². The molecule has 3 N–H and O–H groups in total. The molecule has 0 saturated heterocycles. The van der Waals surface area contributed by atoms with Crippen LogP contribution in [-0.2, 0) is 0 Å². The first-order valence-electron chi connectivity index (χ1n) is 8.13. The Bertz CT molecular complexity index is 427. The Morgan fingerprint density at radius 3 is 2.90 bits per heavy atom. The van der Waals surface area contributed by atoms with Gasteiger partial charge in [-0.3, -0.25) is 11.3 Å². The Kier molecular flexibility index (Phi) is 6.87. The number of fused-ring (bicyclic) bond motifs is 1. The summed E-state index contributed by atoms with van der Waals surface area (Å²) in [4.78, 5) is 1.24. The molecule has 0 bridgehead atoms. The van der Waals surface area contributed by atoms with Crippen molar-refractivity contribution < 1.29 is 4.74 Å². The van der Waals surface area contributed by atoms with Gasteiger partial charge in [-0.25, -0.2) is 0 Å². The molecule has 0 spiro atoms. The van der Waals surface area contributed by atoms with Crippen molar-refractivity contribution in [1.29, 1.82) is 0 Å². The van der Waals surface area contributed by atoms with E-state index in [1.165, 1.54) is 30.6 Å². The van der Waals surface area contributed by atoms with Gasteiger partial charge in [-0.2, -0.15) is 0 Å². The maximum absolute atomic E-state index is 6.17. The molecule has 0 aliphatic carbocycles. The van der Waals surface area contributed by atoms with Gasteiger partial charge >= 0.3 is 0 Å². The van der Waals surface area contributed by atoms with E-state index in [4.69, 9.17) is 10.6 Å². The van der Waals surface area contributed by atoms with Crippen molar-refractivity contribution in [3.63, 3.8) is 0 Å². The molecule has 1 aromatic rings. The highest BCUT2D eigenvalue weighted by atomic mass is 32.2. The van der Waals surface area contributed by atoms with Crippen LogP contribution in [0, 0.1) is 5.92 Å². The second-order valence-electron chi connectivity index (χ2n) is 5.84. The van der Waals surface area contributed by atoms with Crippen molar-refractivity contribution in [1.82, 2.24) is 5.43 Å². The van der Waals surface area contributed by atoms with Gasteiger partial charge in [-0.15, -0.1) is 11.8 Å². The number of hydrazine groups is 1. The number of benzene rings is 1. The lowest BCUT2D eigenvalue weighted by Gasteiger charge is -2.33. The molecular weight excluding hydrogens is 280 g/mol. The topological polar surface area (TPSA) is 47.3 Å². The van der Waals surface area contributed by atoms with Gasteiger partial charge in [0.15, 0.2) is 0 Å². The van der Waals surface area contributed by atoms with Crippen LogP contribution < -0.4 is 16.0 Å². The molecule has 4 heteroatoms. The van der Waals surface area contributed by atoms with E-state index < -0.39 is 0 Å². The predicted octanol–water partition coefficient (Wildman–Crippen LogP) is 3.98. The number of hydrogen-bond donors (Lipinski definition) is 2. The second-order valence-corrected chi connectivity index (χ2v) is 6.90. The van der Waals surface area contributed by atoms with Crippen molar-refractivity contribution in [2.24, 2.45) is 11.8 Å². The predicted molar refractivity (Wildman–Crippen MR) is 90.6 cm³/mol. The number of para-hydroxylation sites is 1. The van der Waals surface area contributed by atoms with Gasteiger partial charge in [0.2, 0.25) is 0 Å². The van der Waals surface area contributed by atoms with Crippen LogP contribution in [0.2, 0.25) is 0 Å². The van der Waals surface area contributed by atoms with Crippen molar-refractivity contribution >= 4 is 11.8 Å². The Morgan fingerprint density at radius 1 is 1.38 bits per heavy atom. The molecule has 0 aromatic heterocycles. The molecule has 2 rings (SSSR count). The van der Waals surface area contributed by atoms with E-state index in [2.05, 4.69) is 37.5 Å². The summed E-state index contributed by atoms with van der Waals surface area (Å²) in [5.74, 6) is 8.52. The number of nitrogens with one attached hydrogen (secondary N) is 1. The molecule has 0 radical (unpaired) electrons. The van der Waals surface area contributed by atoms with E-state index in [1.807, 2.05) is 17.8 Å². The average Bonchev–Trinajstić information content (AvgIpc) is 2.55. The Morgan fingerprint density at radius 2 is 2.19 bits per heavy atom. The third-order valence-electron chi connectivity index (χ3n) is 4.32. The lowest BCUT2D eigenvalue weighted by atomic mass is 9.90. The van der Waals surface area contributed by atoms with Crippen LogP contribution in [0.1, 0.15) is 46.0 Å². The van der Waals surface area contributed by atoms with Gasteiger partial charge in [-0.05, 0) is 24.5 Å². The zero-order chi connectivity index (χ0) is 15.1. The molecule has 0 fully saturated rings. The second kappa shape index (κ2) is 8.66. The van der Waals surface area contributed by atoms with Gasteiger partial charge in [0.1, 0.15) is 11.9 Å². The highest BCUT2D eigenvalue weighted by Gasteiger charge is 2.29. The normalized spacial score (nSPS) is 20.4. The minimum Gasteiger partial charge on any atom is -0.487 e. The van der Waals surface area contributed by atoms with Gasteiger partial charge in [0, 0.05) is 10.6 Å². The van der Waals surface area contributed by atoms with Crippen LogP contribution in [0.4, 0.5) is 0 Å². The van der Waals surface area contributed by atoms with E-state index in [9.17, 15) is 0 Å². The summed E-state index contributed by atoms with van der Waals surface area (Å²) in [6, 6.07) is 8.50. The molecule has 0 amide bonds. The average molecular weight is 308 g/mol. The van der Waals surface area contributed by atoms with Crippen LogP contribution in [0.25, 0.3) is 0 Å². The fraction of sp³-hybridized carbons (Fsp3) is 0.647. The highest BCUT2D eigenvalue weighted by Crippen LogP contribution is 2.36. The van der Waals surface area contributed by atoms with Crippen LogP contribution in [0.15, 0.2) is 29.2 Å². The summed E-state index contributed by atoms with van der Waals surface area (Å²) in [5.41, 5.74) is 3.01. The van der Waals surface area contributed by atoms with E-state index in [0.717, 1.165) is 23.8 Å². The lowest BCUT2D eigenvalue weighted by Crippen LogP contribution is -2.49. The molecule has 3 unspecified atom stereocenters. The van der Waals surface area contributed by atoms with Crippen LogP contribution >= 0.6 is 11.8 Å². The molecule has 3 atom stereocenters. The monoisotopic (exact) mass is 308 g/mol. The summed E-state index contributed by atoms with van der Waals surface area (Å²) in [5, 5.41) is 0. The van der Waals surface area contributed by atoms with Crippen molar-refractivity contribution in [2.45, 2.75) is 63.0 Å². The van der Waals surface area contributed by atoms with Crippen LogP contribution in [0.5, 0.6) is 5.75 Å². The van der Waals surface area contributed by atoms with E-state index in [1.54, 1.807) is 0 Å². The number of thioether (sulfide) groups is 1. The van der Waals surface area contributed by atoms with E-state index in [0.29, 0.717) is 0 Å². The third-order valence-corrected chi connectivity index (χ3v) is 5.47. The number of nitrogens with two attached hydrogens (primary N) is 1. The van der Waals surface area contributed by atoms with Crippen molar-refractivity contribution in [3.8, 4) is 5.75 Å². The van der Waals surface area contributed by atoms with Crippen molar-refractivity contribution in [3.05, 3.63) is 24.3 Å². The third kappa shape index (κ3) is 4.63. The first-order valence-corrected chi connectivity index (χ1v) is 9.11. The quantitative estimate of drug-likeness (QED) is 0.563. The minimum absolute atomic E-state index is 0.158. The van der Waals surface area contributed by atoms with Gasteiger partial charge in [0.25, 0.3) is 0 Å². The van der Waals surface area contributed by atoms with Crippen LogP contribution in [0.3, 0.4) is 0 Å². The molecule has 21 heavy (non-hydrogen) atoms. The first kappa shape index (κ1) is 16.7. The summed E-state index contributed by atoms with van der Waals surface area (Å²) in [7, 11) is 0. The van der Waals surface area contributed by atoms with E-state index >= 15 is 0 Å². The molecule has 3 nitrogen and oxygen atoms in total. The summed E-state index contributed by atoms with van der Waals surface area (Å²) < 4.78 is 6.17. The zero-order valence-corrected chi connectivity index (χ0v) is 14.0. The fourth-order valence-electron chi connectivity index (χ4n) is 2.90. The first-order chi connectivity index (χ1) is 10.3. The number of hydrogen-bond acceptors (Lipinski definition) is 4. The van der Waals surface area contributed by atoms with Crippen molar-refractivity contribution in [2.75, 3.05) is 5.75 Å². The maximum Gasteiger partial charge on any atom is 0.133 e. The molecule has 1 heterocycles. The highest BCUT2D eigenvalue weighted by molar-refractivity contribution is 7.99. The lowest BCUT2D eigenvalue weighted by molar-refractivity contribution is 0.147. The summed E-state index contributed by atoms with van der Waals surface area (Å²) in [6.07, 6.45) is 6.33. The fourth-order valence-corrected chi connectivity index (χ4v) is 3.98. The molecule has 118 valence electrons. The Hall–Kier alpha value is -0.710. The molecule has 1 aliphatic heterocycles. The molecule has 0 saturated carbocycles. The summed E-state index contributed by atoms with van der Waals surface area (Å²) >= 11 is 1.87. The number of unbranched alkanes of at least 4 members (excludes halogenated alkanes) is 1. The van der Waals surface area contributed by atoms with Gasteiger partial charge in [0.05, 0.1) is 6.04 Å². The molecular formula is C17H28N2OS. The minimum atomic E-state index is 0.158. The largest absolute Gasteiger partial charge is 0.487 e. The Labute approximate surface area is 133 Å². The number of ether oxygens (including phenoxy) is 1. The Balaban J connectivity index is 1.95. The molecule has 1 aliphatic rings. The van der Waals surface area contributed by atoms with Crippen LogP contribution in [-0.4, -0.2) is 17.9 Å². The standard InChI is InChI=1S/C17H28N2OS/c1-3-5-8-13(4-2)11-14(19-18)16-12-21-17-10-7-6-9-15(17)20-16/h6-7,9-10,13-14,16,19H,3-5,8,11-12,18H2,1-2H3. The maximum atomic E-state index is 6.17. The summed E-state index contributed by atoms with van der Waals surface area (Å²) in [6.45, 7) is 4.53. The van der Waals surface area contributed by atoms with E-state index in [-0.39, 0.29) is 12.1 Å². The zero-order valence-electron chi connectivity index (χ0n) is 13.2.